The third-order valence-electron chi connectivity index (χ3n) is 2.47. The van der Waals surface area contributed by atoms with Crippen LogP contribution in [0.1, 0.15) is 0 Å². The monoisotopic (exact) mass is 325 g/mol. The Kier molecular flexibility index (Phi) is 5.08. The molecule has 0 amide bonds. The highest BCUT2D eigenvalue weighted by molar-refractivity contribution is 7.90. The van der Waals surface area contributed by atoms with Crippen LogP contribution < -0.4 is 10.5 Å². The Morgan fingerprint density at radius 2 is 1.85 bits per heavy atom. The first-order chi connectivity index (χ1) is 9.06. The minimum atomic E-state index is -3.98. The van der Waals surface area contributed by atoms with Gasteiger partial charge in [-0.1, -0.05) is 0 Å². The largest absolute Gasteiger partial charge is 0.398 e. The summed E-state index contributed by atoms with van der Waals surface area (Å²) in [5.41, 5.74) is 5.18. The third kappa shape index (κ3) is 4.13. The van der Waals surface area contributed by atoms with Crippen molar-refractivity contribution in [2.24, 2.45) is 0 Å². The average Bonchev–Trinajstić information content (AvgIpc) is 2.27. The molecule has 0 aliphatic rings. The maximum absolute atomic E-state index is 12.9. The minimum Gasteiger partial charge on any atom is -0.398 e. The van der Waals surface area contributed by atoms with E-state index in [4.69, 9.17) is 5.73 Å². The van der Waals surface area contributed by atoms with Gasteiger partial charge in [0, 0.05) is 20.6 Å². The quantitative estimate of drug-likeness (QED) is 0.690. The molecule has 0 saturated carbocycles. The van der Waals surface area contributed by atoms with E-state index in [9.17, 15) is 21.2 Å². The molecule has 0 aliphatic heterocycles. The molecule has 0 aromatic heterocycles. The zero-order valence-electron chi connectivity index (χ0n) is 11.0. The zero-order chi connectivity index (χ0) is 15.6. The number of nitrogens with zero attached hydrogens (tertiary/aromatic N) is 1. The van der Waals surface area contributed by atoms with Crippen molar-refractivity contribution in [3.05, 3.63) is 24.0 Å². The second kappa shape index (κ2) is 6.04. The van der Waals surface area contributed by atoms with Crippen LogP contribution in [0.4, 0.5) is 10.1 Å². The van der Waals surface area contributed by atoms with Gasteiger partial charge in [-0.15, -0.1) is 0 Å². The van der Waals surface area contributed by atoms with E-state index in [2.05, 4.69) is 4.72 Å². The van der Waals surface area contributed by atoms with Gasteiger partial charge in [-0.3, -0.25) is 0 Å². The summed E-state index contributed by atoms with van der Waals surface area (Å²) in [4.78, 5) is -0.291. The molecule has 0 spiro atoms. The molecule has 10 heteroatoms. The van der Waals surface area contributed by atoms with Crippen LogP contribution in [0.25, 0.3) is 0 Å². The first-order valence-corrected chi connectivity index (χ1v) is 8.60. The first kappa shape index (κ1) is 16.8. The van der Waals surface area contributed by atoms with Gasteiger partial charge >= 0.3 is 0 Å². The van der Waals surface area contributed by atoms with Crippen LogP contribution in [0.15, 0.2) is 23.1 Å². The molecule has 1 rings (SSSR count). The topological polar surface area (TPSA) is 110 Å². The molecule has 1 aromatic rings. The van der Waals surface area contributed by atoms with Gasteiger partial charge in [-0.2, -0.15) is 0 Å². The van der Waals surface area contributed by atoms with Crippen LogP contribution in [-0.4, -0.2) is 47.5 Å². The predicted molar refractivity (Wildman–Crippen MR) is 73.5 cm³/mol. The fraction of sp³-hybridized carbons (Fsp3) is 0.400. The minimum absolute atomic E-state index is 0.243. The van der Waals surface area contributed by atoms with Crippen LogP contribution in [0, 0.1) is 5.82 Å². The summed E-state index contributed by atoms with van der Waals surface area (Å²) < 4.78 is 62.7. The van der Waals surface area contributed by atoms with Crippen molar-refractivity contribution in [2.75, 3.05) is 32.1 Å². The van der Waals surface area contributed by atoms with Gasteiger partial charge in [0.1, 0.15) is 10.7 Å². The van der Waals surface area contributed by atoms with E-state index < -0.39 is 25.9 Å². The fourth-order valence-corrected chi connectivity index (χ4v) is 3.33. The Bertz CT molecular complexity index is 686. The third-order valence-corrected chi connectivity index (χ3v) is 5.84. The van der Waals surface area contributed by atoms with E-state index >= 15 is 0 Å². The average molecular weight is 325 g/mol. The van der Waals surface area contributed by atoms with Crippen molar-refractivity contribution in [2.45, 2.75) is 4.90 Å². The van der Waals surface area contributed by atoms with Gasteiger partial charge in [0.2, 0.25) is 20.0 Å². The summed E-state index contributed by atoms with van der Waals surface area (Å²) in [5, 5.41) is 0. The Morgan fingerprint density at radius 1 is 1.25 bits per heavy atom. The Morgan fingerprint density at radius 3 is 2.35 bits per heavy atom. The number of hydrogen-bond donors (Lipinski definition) is 2. The van der Waals surface area contributed by atoms with Gasteiger partial charge in [-0.25, -0.2) is 30.3 Å². The smallest absolute Gasteiger partial charge is 0.242 e. The molecular formula is C10H16FN3O4S2. The van der Waals surface area contributed by atoms with E-state index in [0.717, 1.165) is 22.5 Å². The Labute approximate surface area is 117 Å². The molecule has 0 atom stereocenters. The van der Waals surface area contributed by atoms with Crippen molar-refractivity contribution in [3.8, 4) is 0 Å². The van der Waals surface area contributed by atoms with Gasteiger partial charge in [0.15, 0.2) is 0 Å². The van der Waals surface area contributed by atoms with Crippen molar-refractivity contribution >= 4 is 25.7 Å². The van der Waals surface area contributed by atoms with Crippen molar-refractivity contribution in [3.63, 3.8) is 0 Å². The molecular weight excluding hydrogens is 309 g/mol. The van der Waals surface area contributed by atoms with E-state index in [-0.39, 0.29) is 22.9 Å². The molecule has 0 saturated heterocycles. The van der Waals surface area contributed by atoms with Crippen molar-refractivity contribution < 1.29 is 21.2 Å². The lowest BCUT2D eigenvalue weighted by Gasteiger charge is -2.12. The van der Waals surface area contributed by atoms with Crippen LogP contribution in [0.2, 0.25) is 0 Å². The first-order valence-electron chi connectivity index (χ1n) is 5.51. The van der Waals surface area contributed by atoms with Crippen LogP contribution in [-0.2, 0) is 20.0 Å². The van der Waals surface area contributed by atoms with Gasteiger partial charge in [-0.05, 0) is 18.2 Å². The highest BCUT2D eigenvalue weighted by Gasteiger charge is 2.20. The summed E-state index contributed by atoms with van der Waals surface area (Å²) >= 11 is 0. The summed E-state index contributed by atoms with van der Waals surface area (Å²) in [7, 11) is -4.79. The van der Waals surface area contributed by atoms with Crippen molar-refractivity contribution in [1.29, 1.82) is 0 Å². The molecule has 0 aliphatic carbocycles. The number of anilines is 1. The molecule has 7 nitrogen and oxygen atoms in total. The van der Waals surface area contributed by atoms with E-state index in [1.165, 1.54) is 14.1 Å². The molecule has 0 fully saturated rings. The highest BCUT2D eigenvalue weighted by Crippen LogP contribution is 2.18. The Hall–Kier alpha value is -1.23. The number of hydrogen-bond acceptors (Lipinski definition) is 5. The second-order valence-corrected chi connectivity index (χ2v) is 8.22. The molecule has 1 aromatic carbocycles. The number of nitrogens with one attached hydrogen (secondary N) is 1. The summed E-state index contributed by atoms with van der Waals surface area (Å²) in [6, 6.07) is 2.86. The Balaban J connectivity index is 2.82. The number of halogens is 1. The molecule has 0 bridgehead atoms. The van der Waals surface area contributed by atoms with Crippen molar-refractivity contribution in [1.82, 2.24) is 9.03 Å². The second-order valence-electron chi connectivity index (χ2n) is 4.18. The summed E-state index contributed by atoms with van der Waals surface area (Å²) in [6.07, 6.45) is 0. The normalized spacial score (nSPS) is 12.8. The van der Waals surface area contributed by atoms with E-state index in [0.29, 0.717) is 0 Å². The maximum Gasteiger partial charge on any atom is 0.242 e. The molecule has 20 heavy (non-hydrogen) atoms. The number of sulfonamides is 2. The lowest BCUT2D eigenvalue weighted by molar-refractivity contribution is 0.519. The lowest BCUT2D eigenvalue weighted by Crippen LogP contribution is -2.34. The van der Waals surface area contributed by atoms with Crippen LogP contribution in [0.3, 0.4) is 0 Å². The molecule has 3 N–H and O–H groups in total. The van der Waals surface area contributed by atoms with Gasteiger partial charge in [0.05, 0.1) is 11.4 Å². The summed E-state index contributed by atoms with van der Waals surface area (Å²) in [6.45, 7) is -0.306. The van der Waals surface area contributed by atoms with Gasteiger partial charge < -0.3 is 5.73 Å². The number of nitrogens with two attached hydrogens (primary N) is 1. The molecule has 0 radical (unpaired) electrons. The van der Waals surface area contributed by atoms with Crippen LogP contribution in [0.5, 0.6) is 0 Å². The number of benzene rings is 1. The zero-order valence-corrected chi connectivity index (χ0v) is 12.6. The standard InChI is InChI=1S/C10H16FN3O4S2/c1-14(2)19(15,16)6-5-13-20(17,18)10-4-3-8(11)7-9(10)12/h3-4,7,13H,5-6,12H2,1-2H3. The SMILES string of the molecule is CN(C)S(=O)(=O)CCNS(=O)(=O)c1ccc(F)cc1N. The molecule has 0 unspecified atom stereocenters. The number of nitrogen functional groups attached to an aromatic ring is 1. The fourth-order valence-electron chi connectivity index (χ4n) is 1.33. The van der Waals surface area contributed by atoms with Crippen LogP contribution >= 0.6 is 0 Å². The summed E-state index contributed by atoms with van der Waals surface area (Å²) in [5.74, 6) is -1.04. The van der Waals surface area contributed by atoms with Gasteiger partial charge in [0.25, 0.3) is 0 Å². The van der Waals surface area contributed by atoms with E-state index in [1.54, 1.807) is 0 Å². The highest BCUT2D eigenvalue weighted by atomic mass is 32.2. The maximum atomic E-state index is 12.9. The predicted octanol–water partition coefficient (Wildman–Crippen LogP) is -0.422. The van der Waals surface area contributed by atoms with E-state index in [1.807, 2.05) is 0 Å². The number of rotatable bonds is 6. The lowest BCUT2D eigenvalue weighted by atomic mass is 10.3. The molecule has 114 valence electrons. The molecule has 0 heterocycles.